The highest BCUT2D eigenvalue weighted by Crippen LogP contribution is 2.39. The predicted octanol–water partition coefficient (Wildman–Crippen LogP) is 1.95. The van der Waals surface area contributed by atoms with Gasteiger partial charge < -0.3 is 5.11 Å². The molecule has 102 valence electrons. The molecule has 1 N–H and O–H groups in total. The summed E-state index contributed by atoms with van der Waals surface area (Å²) < 4.78 is 0. The quantitative estimate of drug-likeness (QED) is 0.664. The normalized spacial score (nSPS) is 26.8. The van der Waals surface area contributed by atoms with Crippen LogP contribution in [-0.4, -0.2) is 27.0 Å². The summed E-state index contributed by atoms with van der Waals surface area (Å²) in [5.74, 6) is -0.452. The van der Waals surface area contributed by atoms with Crippen LogP contribution in [0, 0.1) is 20.2 Å². The van der Waals surface area contributed by atoms with Crippen molar-refractivity contribution in [3.05, 3.63) is 50.1 Å². The molecule has 0 spiro atoms. The first-order chi connectivity index (χ1) is 9.00. The second-order valence-electron chi connectivity index (χ2n) is 4.77. The molecule has 3 unspecified atom stereocenters. The molecular weight excluding hydrogens is 252 g/mol. The van der Waals surface area contributed by atoms with E-state index in [2.05, 4.69) is 0 Å². The monoisotopic (exact) mass is 266 g/mol. The third-order valence-corrected chi connectivity index (χ3v) is 3.69. The van der Waals surface area contributed by atoms with E-state index in [1.807, 2.05) is 0 Å². The van der Waals surface area contributed by atoms with Crippen molar-refractivity contribution in [1.82, 2.24) is 0 Å². The van der Waals surface area contributed by atoms with Crippen LogP contribution in [0.2, 0.25) is 0 Å². The van der Waals surface area contributed by atoms with Crippen LogP contribution < -0.4 is 0 Å². The summed E-state index contributed by atoms with van der Waals surface area (Å²) >= 11 is 0. The fourth-order valence-corrected chi connectivity index (χ4v) is 2.71. The molecule has 7 heteroatoms. The Labute approximate surface area is 109 Å². The molecule has 1 aromatic rings. The van der Waals surface area contributed by atoms with Crippen LogP contribution in [0.15, 0.2) is 24.3 Å². The van der Waals surface area contributed by atoms with E-state index < -0.39 is 27.8 Å². The number of para-hydroxylation sites is 1. The number of benzene rings is 1. The van der Waals surface area contributed by atoms with Crippen LogP contribution in [-0.2, 0) is 0 Å². The molecule has 19 heavy (non-hydrogen) atoms. The summed E-state index contributed by atoms with van der Waals surface area (Å²) in [6, 6.07) is 4.58. The number of rotatable bonds is 3. The molecule has 0 radical (unpaired) electrons. The Balaban J connectivity index is 2.28. The zero-order valence-electron chi connectivity index (χ0n) is 10.1. The smallest absolute Gasteiger partial charge is 0.226 e. The molecule has 0 heterocycles. The van der Waals surface area contributed by atoms with Gasteiger partial charge in [-0.25, -0.2) is 0 Å². The summed E-state index contributed by atoms with van der Waals surface area (Å²) in [5, 5.41) is 31.7. The Morgan fingerprint density at radius 1 is 1.11 bits per heavy atom. The molecule has 1 aliphatic rings. The summed E-state index contributed by atoms with van der Waals surface area (Å²) in [5.41, 5.74) is 0.506. The molecule has 0 aliphatic heterocycles. The molecule has 1 saturated carbocycles. The van der Waals surface area contributed by atoms with Gasteiger partial charge in [0.1, 0.15) is 5.75 Å². The van der Waals surface area contributed by atoms with Gasteiger partial charge in [-0.1, -0.05) is 18.2 Å². The summed E-state index contributed by atoms with van der Waals surface area (Å²) in [6.07, 6.45) is 0.560. The number of phenols is 1. The number of hydrogen-bond donors (Lipinski definition) is 1. The minimum absolute atomic E-state index is 0.0129. The van der Waals surface area contributed by atoms with Crippen LogP contribution in [0.1, 0.15) is 30.7 Å². The standard InChI is InChI=1S/C12H14N2O5/c15-12-4-2-1-3-10(12)9-6-5-8(13(16)17)7-11(9)14(18)19/h1-4,8-9,11,15H,5-7H2. The lowest BCUT2D eigenvalue weighted by Crippen LogP contribution is -2.39. The highest BCUT2D eigenvalue weighted by atomic mass is 16.6. The molecule has 0 amide bonds. The predicted molar refractivity (Wildman–Crippen MR) is 66.3 cm³/mol. The Hall–Kier alpha value is -2.18. The first-order valence-electron chi connectivity index (χ1n) is 6.05. The van der Waals surface area contributed by atoms with Crippen LogP contribution in [0.5, 0.6) is 5.75 Å². The number of nitro groups is 2. The minimum Gasteiger partial charge on any atom is -0.508 e. The average molecular weight is 266 g/mol. The maximum absolute atomic E-state index is 11.1. The maximum Gasteiger partial charge on any atom is 0.226 e. The van der Waals surface area contributed by atoms with Crippen molar-refractivity contribution in [2.45, 2.75) is 37.3 Å². The van der Waals surface area contributed by atoms with E-state index in [1.54, 1.807) is 18.2 Å². The van der Waals surface area contributed by atoms with E-state index in [4.69, 9.17) is 0 Å². The molecule has 1 aromatic carbocycles. The molecular formula is C12H14N2O5. The lowest BCUT2D eigenvalue weighted by atomic mass is 9.78. The van der Waals surface area contributed by atoms with Crippen LogP contribution in [0.25, 0.3) is 0 Å². The molecule has 0 bridgehead atoms. The van der Waals surface area contributed by atoms with Gasteiger partial charge in [0.15, 0.2) is 0 Å². The first kappa shape index (κ1) is 13.3. The van der Waals surface area contributed by atoms with E-state index >= 15 is 0 Å². The summed E-state index contributed by atoms with van der Waals surface area (Å²) in [4.78, 5) is 21.0. The number of hydrogen-bond acceptors (Lipinski definition) is 5. The van der Waals surface area contributed by atoms with E-state index in [0.29, 0.717) is 18.4 Å². The number of phenolic OH excluding ortho intramolecular Hbond substituents is 1. The van der Waals surface area contributed by atoms with Crippen LogP contribution >= 0.6 is 0 Å². The highest BCUT2D eigenvalue weighted by molar-refractivity contribution is 5.35. The van der Waals surface area contributed by atoms with Gasteiger partial charge in [-0.15, -0.1) is 0 Å². The zero-order chi connectivity index (χ0) is 14.0. The van der Waals surface area contributed by atoms with Crippen molar-refractivity contribution in [3.8, 4) is 5.75 Å². The first-order valence-corrected chi connectivity index (χ1v) is 6.05. The Kier molecular flexibility index (Phi) is 3.64. The lowest BCUT2D eigenvalue weighted by Gasteiger charge is -2.27. The Morgan fingerprint density at radius 3 is 2.37 bits per heavy atom. The number of nitrogens with zero attached hydrogens (tertiary/aromatic N) is 2. The van der Waals surface area contributed by atoms with Gasteiger partial charge in [0, 0.05) is 21.8 Å². The lowest BCUT2D eigenvalue weighted by molar-refractivity contribution is -0.570. The zero-order valence-corrected chi connectivity index (χ0v) is 10.1. The van der Waals surface area contributed by atoms with Crippen molar-refractivity contribution in [2.75, 3.05) is 0 Å². The third kappa shape index (κ3) is 2.64. The Morgan fingerprint density at radius 2 is 1.79 bits per heavy atom. The molecule has 2 rings (SSSR count). The van der Waals surface area contributed by atoms with E-state index in [0.717, 1.165) is 0 Å². The molecule has 0 saturated heterocycles. The van der Waals surface area contributed by atoms with Crippen LogP contribution in [0.4, 0.5) is 0 Å². The van der Waals surface area contributed by atoms with Gasteiger partial charge in [0.05, 0.1) is 12.3 Å². The largest absolute Gasteiger partial charge is 0.508 e. The highest BCUT2D eigenvalue weighted by Gasteiger charge is 2.44. The summed E-state index contributed by atoms with van der Waals surface area (Å²) in [6.45, 7) is 0. The molecule has 1 aliphatic carbocycles. The number of aromatic hydroxyl groups is 1. The fraction of sp³-hybridized carbons (Fsp3) is 0.500. The molecule has 0 aromatic heterocycles. The van der Waals surface area contributed by atoms with Gasteiger partial charge in [-0.2, -0.15) is 0 Å². The SMILES string of the molecule is O=[N+]([O-])C1CCC(c2ccccc2O)C([N+](=O)[O-])C1. The third-order valence-electron chi connectivity index (χ3n) is 3.69. The van der Waals surface area contributed by atoms with E-state index in [1.165, 1.54) is 6.07 Å². The van der Waals surface area contributed by atoms with Crippen molar-refractivity contribution >= 4 is 0 Å². The van der Waals surface area contributed by atoms with Gasteiger partial charge in [-0.05, 0) is 12.5 Å². The van der Waals surface area contributed by atoms with Crippen molar-refractivity contribution in [2.24, 2.45) is 0 Å². The van der Waals surface area contributed by atoms with Crippen LogP contribution in [0.3, 0.4) is 0 Å². The maximum atomic E-state index is 11.1. The molecule has 3 atom stereocenters. The second-order valence-corrected chi connectivity index (χ2v) is 4.77. The molecule has 7 nitrogen and oxygen atoms in total. The van der Waals surface area contributed by atoms with Crippen molar-refractivity contribution in [3.63, 3.8) is 0 Å². The van der Waals surface area contributed by atoms with Gasteiger partial charge in [-0.3, -0.25) is 20.2 Å². The topological polar surface area (TPSA) is 107 Å². The van der Waals surface area contributed by atoms with Gasteiger partial charge in [0.25, 0.3) is 0 Å². The minimum atomic E-state index is -1.02. The van der Waals surface area contributed by atoms with Gasteiger partial charge >= 0.3 is 0 Å². The average Bonchev–Trinajstić information content (AvgIpc) is 2.38. The van der Waals surface area contributed by atoms with E-state index in [9.17, 15) is 25.3 Å². The van der Waals surface area contributed by atoms with Crippen molar-refractivity contribution < 1.29 is 15.0 Å². The second kappa shape index (κ2) is 5.21. The van der Waals surface area contributed by atoms with E-state index in [-0.39, 0.29) is 12.2 Å². The summed E-state index contributed by atoms with van der Waals surface area (Å²) in [7, 11) is 0. The van der Waals surface area contributed by atoms with Gasteiger partial charge in [0.2, 0.25) is 12.1 Å². The Bertz CT molecular complexity index is 505. The molecule has 1 fully saturated rings. The fourth-order valence-electron chi connectivity index (χ4n) is 2.71. The van der Waals surface area contributed by atoms with Crippen molar-refractivity contribution in [1.29, 1.82) is 0 Å².